The number of H-pyrrole nitrogens is 2. The van der Waals surface area contributed by atoms with E-state index in [0.717, 1.165) is 44.8 Å². The zero-order valence-corrected chi connectivity index (χ0v) is 39.9. The summed E-state index contributed by atoms with van der Waals surface area (Å²) in [6, 6.07) is 17.1. The highest BCUT2D eigenvalue weighted by molar-refractivity contribution is 5.87. The van der Waals surface area contributed by atoms with Crippen LogP contribution in [0.1, 0.15) is 69.0 Å². The van der Waals surface area contributed by atoms with Crippen LogP contribution in [0.5, 0.6) is 11.5 Å². The molecule has 2 saturated heterocycles. The fourth-order valence-corrected chi connectivity index (χ4v) is 9.42. The average molecular weight is 960 g/mol. The molecule has 4 aliphatic heterocycles. The third-order valence-electron chi connectivity index (χ3n) is 13.3. The lowest BCUT2D eigenvalue weighted by Crippen LogP contribution is -2.54. The number of hydrogen-bond acceptors (Lipinski definition) is 13. The average Bonchev–Trinajstić information content (AvgIpc) is 4.24. The standard InChI is InChI=1S/C50H57N9O11/c1-27(2)41(55-48(62)65-5)46(60)58-17-18-67-25-39(58)45-52-21-37(54-45)32-13-9-30(10-14-32)29-7-11-31(12-8-29)36-20-51-44(53-36)38-19-34(23-59(38)47(61)42(28(3)4)56-49(63)66-6)70-50(64)57-22-33-15-16-40-43(35(33)24-57)69-26-68-40/h7-16,20-21,27-28,34,38-39,41-42H,17-19,22-26H2,1-6H3,(H,51,53)(H,52,54)(H,55,62)(H,56,63)/t34-,38?,39-,41-,42-/m0/s1. The quantitative estimate of drug-likeness (QED) is 0.101. The van der Waals surface area contributed by atoms with E-state index in [4.69, 9.17) is 33.4 Å². The number of amides is 5. The number of aromatic amines is 2. The lowest BCUT2D eigenvalue weighted by molar-refractivity contribution is -0.143. The van der Waals surface area contributed by atoms with Crippen LogP contribution in [0.4, 0.5) is 14.4 Å². The van der Waals surface area contributed by atoms with Gasteiger partial charge in [-0.2, -0.15) is 0 Å². The van der Waals surface area contributed by atoms with Crippen LogP contribution in [-0.4, -0.2) is 130 Å². The Hall–Kier alpha value is -7.61. The lowest BCUT2D eigenvalue weighted by atomic mass is 10.0. The number of methoxy groups -OCH3 is 2. The molecule has 70 heavy (non-hydrogen) atoms. The van der Waals surface area contributed by atoms with Gasteiger partial charge in [0, 0.05) is 25.1 Å². The smallest absolute Gasteiger partial charge is 0.410 e. The number of rotatable bonds is 12. The molecule has 0 spiro atoms. The molecule has 0 bridgehead atoms. The van der Waals surface area contributed by atoms with Gasteiger partial charge in [-0.1, -0.05) is 82.3 Å². The highest BCUT2D eigenvalue weighted by Crippen LogP contribution is 2.42. The number of ether oxygens (including phenoxy) is 6. The first kappa shape index (κ1) is 47.5. The van der Waals surface area contributed by atoms with Gasteiger partial charge < -0.3 is 58.8 Å². The molecule has 5 amide bonds. The molecule has 3 aromatic carbocycles. The molecule has 0 saturated carbocycles. The van der Waals surface area contributed by atoms with Crippen molar-refractivity contribution in [2.45, 2.75) is 77.5 Å². The van der Waals surface area contributed by atoms with Crippen molar-refractivity contribution in [3.05, 3.63) is 95.8 Å². The molecule has 1 unspecified atom stereocenters. The van der Waals surface area contributed by atoms with Crippen molar-refractivity contribution in [1.82, 2.24) is 45.3 Å². The Balaban J connectivity index is 0.878. The number of alkyl carbamates (subject to hydrolysis) is 2. The molecular formula is C50H57N9O11. The first-order chi connectivity index (χ1) is 33.8. The monoisotopic (exact) mass is 959 g/mol. The van der Waals surface area contributed by atoms with E-state index in [1.807, 2.05) is 88.4 Å². The van der Waals surface area contributed by atoms with Crippen LogP contribution in [0.25, 0.3) is 33.6 Å². The zero-order chi connectivity index (χ0) is 49.2. The minimum atomic E-state index is -0.906. The van der Waals surface area contributed by atoms with Crippen LogP contribution in [0.2, 0.25) is 0 Å². The van der Waals surface area contributed by atoms with Gasteiger partial charge >= 0.3 is 18.3 Å². The maximum atomic E-state index is 14.3. The van der Waals surface area contributed by atoms with Crippen molar-refractivity contribution in [3.8, 4) is 45.1 Å². The van der Waals surface area contributed by atoms with Crippen LogP contribution in [0, 0.1) is 11.8 Å². The summed E-state index contributed by atoms with van der Waals surface area (Å²) in [6.07, 6.45) is 1.16. The Morgan fingerprint density at radius 1 is 0.700 bits per heavy atom. The molecule has 9 rings (SSSR count). The van der Waals surface area contributed by atoms with E-state index >= 15 is 0 Å². The number of carbonyl (C=O) groups excluding carboxylic acids is 5. The highest BCUT2D eigenvalue weighted by atomic mass is 16.7. The van der Waals surface area contributed by atoms with E-state index in [9.17, 15) is 24.0 Å². The summed E-state index contributed by atoms with van der Waals surface area (Å²) in [5.41, 5.74) is 7.08. The summed E-state index contributed by atoms with van der Waals surface area (Å²) in [4.78, 5) is 87.2. The summed E-state index contributed by atoms with van der Waals surface area (Å²) < 4.78 is 32.7. The SMILES string of the molecule is COC(=O)N[C@H](C(=O)N1C[C@@H](OC(=O)N2Cc3ccc4c(c3C2)OCO4)CC1c1ncc(-c2ccc(-c3ccc(-c4cnc([C@@H]5COCCN5C(=O)[C@@H](NC(=O)OC)C(C)C)[nH]4)cc3)cc2)[nH]1)C(C)C. The molecular weight excluding hydrogens is 903 g/mol. The number of aromatic nitrogens is 4. The van der Waals surface area contributed by atoms with Crippen LogP contribution in [0.15, 0.2) is 73.1 Å². The first-order valence-corrected chi connectivity index (χ1v) is 23.3. The van der Waals surface area contributed by atoms with Crippen molar-refractivity contribution >= 4 is 30.1 Å². The molecule has 5 atom stereocenters. The fourth-order valence-electron chi connectivity index (χ4n) is 9.42. The summed E-state index contributed by atoms with van der Waals surface area (Å²) >= 11 is 0. The van der Waals surface area contributed by atoms with Gasteiger partial charge in [-0.25, -0.2) is 24.4 Å². The third-order valence-corrected chi connectivity index (χ3v) is 13.3. The van der Waals surface area contributed by atoms with Crippen molar-refractivity contribution in [3.63, 3.8) is 0 Å². The summed E-state index contributed by atoms with van der Waals surface area (Å²) in [5, 5.41) is 5.35. The second kappa shape index (κ2) is 20.2. The van der Waals surface area contributed by atoms with Crippen LogP contribution in [-0.2, 0) is 41.6 Å². The van der Waals surface area contributed by atoms with E-state index in [2.05, 4.69) is 25.6 Å². The van der Waals surface area contributed by atoms with E-state index in [1.165, 1.54) is 14.2 Å². The molecule has 2 aromatic heterocycles. The lowest BCUT2D eigenvalue weighted by Gasteiger charge is -2.37. The first-order valence-electron chi connectivity index (χ1n) is 23.3. The number of fused-ring (bicyclic) bond motifs is 3. The Kier molecular flexibility index (Phi) is 13.7. The fraction of sp³-hybridized carbons (Fsp3) is 0.420. The Bertz CT molecular complexity index is 2740. The summed E-state index contributed by atoms with van der Waals surface area (Å²) in [6.45, 7) is 9.25. The molecule has 6 heterocycles. The number of morpholine rings is 1. The Morgan fingerprint density at radius 2 is 1.26 bits per heavy atom. The number of carbonyl (C=O) groups is 5. The largest absolute Gasteiger partial charge is 0.454 e. The molecule has 20 nitrogen and oxygen atoms in total. The number of likely N-dealkylation sites (tertiary alicyclic amines) is 1. The minimum absolute atomic E-state index is 0.0884. The maximum absolute atomic E-state index is 14.3. The number of imidazole rings is 2. The van der Waals surface area contributed by atoms with E-state index in [-0.39, 0.29) is 50.0 Å². The van der Waals surface area contributed by atoms with E-state index in [0.29, 0.717) is 49.4 Å². The zero-order valence-electron chi connectivity index (χ0n) is 39.9. The second-order valence-electron chi connectivity index (χ2n) is 18.4. The van der Waals surface area contributed by atoms with Gasteiger partial charge in [-0.15, -0.1) is 0 Å². The normalized spacial score (nSPS) is 19.2. The Labute approximate surface area is 404 Å². The molecule has 4 aliphatic rings. The minimum Gasteiger partial charge on any atom is -0.454 e. The van der Waals surface area contributed by atoms with Crippen molar-refractivity contribution < 1.29 is 52.4 Å². The van der Waals surface area contributed by atoms with Gasteiger partial charge in [0.2, 0.25) is 18.6 Å². The maximum Gasteiger partial charge on any atom is 0.410 e. The Morgan fingerprint density at radius 3 is 1.83 bits per heavy atom. The van der Waals surface area contributed by atoms with Gasteiger partial charge in [0.05, 0.1) is 70.3 Å². The predicted molar refractivity (Wildman–Crippen MR) is 252 cm³/mol. The third kappa shape index (κ3) is 9.67. The molecule has 0 aliphatic carbocycles. The molecule has 20 heteroatoms. The molecule has 368 valence electrons. The summed E-state index contributed by atoms with van der Waals surface area (Å²) in [5.74, 6) is 1.35. The number of nitrogens with one attached hydrogen (secondary N) is 4. The summed E-state index contributed by atoms with van der Waals surface area (Å²) in [7, 11) is 2.51. The van der Waals surface area contributed by atoms with E-state index in [1.54, 1.807) is 27.1 Å². The number of benzene rings is 3. The van der Waals surface area contributed by atoms with Gasteiger partial charge in [-0.3, -0.25) is 14.5 Å². The molecule has 4 N–H and O–H groups in total. The molecule has 2 fully saturated rings. The van der Waals surface area contributed by atoms with E-state index < -0.39 is 48.6 Å². The number of hydrogen-bond donors (Lipinski definition) is 4. The number of nitrogens with zero attached hydrogens (tertiary/aromatic N) is 5. The highest BCUT2D eigenvalue weighted by Gasteiger charge is 2.44. The van der Waals surface area contributed by atoms with Gasteiger partial charge in [-0.05, 0) is 45.7 Å². The van der Waals surface area contributed by atoms with Crippen LogP contribution >= 0.6 is 0 Å². The van der Waals surface area contributed by atoms with Gasteiger partial charge in [0.25, 0.3) is 0 Å². The van der Waals surface area contributed by atoms with Gasteiger partial charge in [0.1, 0.15) is 35.9 Å². The van der Waals surface area contributed by atoms with Crippen molar-refractivity contribution in [2.75, 3.05) is 47.3 Å². The topological polar surface area (TPSA) is 232 Å². The van der Waals surface area contributed by atoms with Crippen molar-refractivity contribution in [2.24, 2.45) is 11.8 Å². The second-order valence-corrected chi connectivity index (χ2v) is 18.4. The molecule has 0 radical (unpaired) electrons. The van der Waals surface area contributed by atoms with Crippen molar-refractivity contribution in [1.29, 1.82) is 0 Å². The predicted octanol–water partition coefficient (Wildman–Crippen LogP) is 6.32. The van der Waals surface area contributed by atoms with Crippen LogP contribution in [0.3, 0.4) is 0 Å². The van der Waals surface area contributed by atoms with Crippen LogP contribution < -0.4 is 20.1 Å². The molecule has 5 aromatic rings. The van der Waals surface area contributed by atoms with Gasteiger partial charge in [0.15, 0.2) is 11.5 Å².